The van der Waals surface area contributed by atoms with Gasteiger partial charge in [0.05, 0.1) is 0 Å². The predicted octanol–water partition coefficient (Wildman–Crippen LogP) is 5.49. The largest absolute Gasteiger partial charge is 0.338 e. The SMILES string of the molecule is CCNC(=O)N(C(=O)C1CCC2C3CCC4=CC(=O)CC[C@]4(C)C3CC[C@]12C)C(C)CC. The molecule has 7 atom stereocenters. The quantitative estimate of drug-likeness (QED) is 0.626. The van der Waals surface area contributed by atoms with Crippen LogP contribution in [0.2, 0.25) is 0 Å². The second-order valence-electron chi connectivity index (χ2n) is 11.4. The second kappa shape index (κ2) is 8.61. The Hall–Kier alpha value is -1.65. The summed E-state index contributed by atoms with van der Waals surface area (Å²) in [6.07, 6.45) is 10.8. The van der Waals surface area contributed by atoms with Gasteiger partial charge in [0.1, 0.15) is 0 Å². The van der Waals surface area contributed by atoms with E-state index >= 15 is 0 Å². The minimum atomic E-state index is -0.237. The van der Waals surface area contributed by atoms with Crippen molar-refractivity contribution >= 4 is 17.7 Å². The van der Waals surface area contributed by atoms with E-state index in [2.05, 4.69) is 19.2 Å². The molecule has 3 fully saturated rings. The number of carbonyl (C=O) groups is 3. The molecule has 3 amide bonds. The van der Waals surface area contributed by atoms with E-state index in [1.165, 1.54) is 10.5 Å². The number of hydrogen-bond donors (Lipinski definition) is 1. The summed E-state index contributed by atoms with van der Waals surface area (Å²) < 4.78 is 0. The third-order valence-electron chi connectivity index (χ3n) is 10.1. The number of urea groups is 1. The number of allylic oxidation sites excluding steroid dienone is 1. The van der Waals surface area contributed by atoms with Crippen molar-refractivity contribution < 1.29 is 14.4 Å². The summed E-state index contributed by atoms with van der Waals surface area (Å²) in [6, 6.07) is -0.325. The minimum Gasteiger partial charge on any atom is -0.338 e. The van der Waals surface area contributed by atoms with Crippen LogP contribution in [0.4, 0.5) is 4.79 Å². The van der Waals surface area contributed by atoms with Crippen molar-refractivity contribution in [1.29, 1.82) is 0 Å². The zero-order valence-corrected chi connectivity index (χ0v) is 20.7. The average Bonchev–Trinajstić information content (AvgIpc) is 3.11. The second-order valence-corrected chi connectivity index (χ2v) is 11.4. The van der Waals surface area contributed by atoms with E-state index in [0.29, 0.717) is 36.5 Å². The van der Waals surface area contributed by atoms with Gasteiger partial charge in [-0.1, -0.05) is 26.3 Å². The highest BCUT2D eigenvalue weighted by Gasteiger charge is 2.60. The zero-order valence-electron chi connectivity index (χ0n) is 20.7. The molecule has 4 rings (SSSR count). The first-order valence-corrected chi connectivity index (χ1v) is 13.0. The first kappa shape index (κ1) is 23.5. The van der Waals surface area contributed by atoms with E-state index in [9.17, 15) is 14.4 Å². The van der Waals surface area contributed by atoms with Gasteiger partial charge in [0, 0.05) is 24.9 Å². The van der Waals surface area contributed by atoms with E-state index in [1.54, 1.807) is 0 Å². The van der Waals surface area contributed by atoms with Gasteiger partial charge in [-0.25, -0.2) is 4.79 Å². The van der Waals surface area contributed by atoms with E-state index in [0.717, 1.165) is 51.4 Å². The van der Waals surface area contributed by atoms with Crippen molar-refractivity contribution in [3.8, 4) is 0 Å². The number of hydrogen-bond acceptors (Lipinski definition) is 3. The van der Waals surface area contributed by atoms with E-state index in [4.69, 9.17) is 0 Å². The van der Waals surface area contributed by atoms with Crippen molar-refractivity contribution in [3.63, 3.8) is 0 Å². The van der Waals surface area contributed by atoms with Crippen LogP contribution in [0.1, 0.15) is 92.4 Å². The lowest BCUT2D eigenvalue weighted by molar-refractivity contribution is -0.141. The van der Waals surface area contributed by atoms with E-state index in [1.807, 2.05) is 26.8 Å². The molecular weight excluding hydrogens is 400 g/mol. The minimum absolute atomic E-state index is 0.0292. The molecule has 4 aliphatic carbocycles. The molecular formula is C27H42N2O3. The van der Waals surface area contributed by atoms with Gasteiger partial charge in [-0.15, -0.1) is 0 Å². The molecule has 0 aromatic heterocycles. The number of nitrogens with zero attached hydrogens (tertiary/aromatic N) is 1. The number of amides is 3. The molecule has 0 radical (unpaired) electrons. The first-order valence-electron chi connectivity index (χ1n) is 13.0. The Bertz CT molecular complexity index is 820. The molecule has 5 nitrogen and oxygen atoms in total. The van der Waals surface area contributed by atoms with Crippen LogP contribution < -0.4 is 5.32 Å². The molecule has 4 aliphatic rings. The average molecular weight is 443 g/mol. The van der Waals surface area contributed by atoms with Gasteiger partial charge in [-0.05, 0) is 99.9 Å². The van der Waals surface area contributed by atoms with Crippen LogP contribution in [0, 0.1) is 34.5 Å². The Morgan fingerprint density at radius 3 is 2.53 bits per heavy atom. The highest BCUT2D eigenvalue weighted by molar-refractivity contribution is 5.96. The Kier molecular flexibility index (Phi) is 6.32. The Balaban J connectivity index is 1.59. The molecule has 5 unspecified atom stereocenters. The molecule has 0 aromatic carbocycles. The maximum absolute atomic E-state index is 13.8. The Labute approximate surface area is 193 Å². The summed E-state index contributed by atoms with van der Waals surface area (Å²) in [5.74, 6) is 2.07. The van der Waals surface area contributed by atoms with Crippen LogP contribution in [0.5, 0.6) is 0 Å². The van der Waals surface area contributed by atoms with Crippen LogP contribution in [-0.4, -0.2) is 35.2 Å². The Morgan fingerprint density at radius 1 is 1.09 bits per heavy atom. The van der Waals surface area contributed by atoms with Crippen molar-refractivity contribution in [1.82, 2.24) is 10.2 Å². The number of carbonyl (C=O) groups excluding carboxylic acids is 3. The van der Waals surface area contributed by atoms with Crippen molar-refractivity contribution in [2.24, 2.45) is 34.5 Å². The van der Waals surface area contributed by atoms with Gasteiger partial charge < -0.3 is 5.32 Å². The van der Waals surface area contributed by atoms with Crippen molar-refractivity contribution in [2.75, 3.05) is 6.54 Å². The van der Waals surface area contributed by atoms with Gasteiger partial charge in [0.25, 0.3) is 0 Å². The lowest BCUT2D eigenvalue weighted by Crippen LogP contribution is -2.55. The van der Waals surface area contributed by atoms with Gasteiger partial charge in [-0.2, -0.15) is 0 Å². The standard InChI is InChI=1S/C27H42N2O3/c1-6-17(3)29(25(32)28-7-2)24(31)23-11-10-21-20-9-8-18-16-19(30)12-14-26(18,4)22(20)13-15-27(21,23)5/h16-17,20-23H,6-15H2,1-5H3,(H,28,32)/t17?,20?,21?,22?,23?,26-,27-/m0/s1. The third-order valence-corrected chi connectivity index (χ3v) is 10.1. The molecule has 0 heterocycles. The van der Waals surface area contributed by atoms with Gasteiger partial charge in [0.15, 0.2) is 5.78 Å². The van der Waals surface area contributed by atoms with E-state index < -0.39 is 0 Å². The number of nitrogens with one attached hydrogen (secondary N) is 1. The monoisotopic (exact) mass is 442 g/mol. The lowest BCUT2D eigenvalue weighted by Gasteiger charge is -2.58. The summed E-state index contributed by atoms with van der Waals surface area (Å²) in [6.45, 7) is 11.2. The van der Waals surface area contributed by atoms with Crippen LogP contribution in [-0.2, 0) is 9.59 Å². The molecule has 0 saturated heterocycles. The summed E-state index contributed by atoms with van der Waals surface area (Å²) in [4.78, 5) is 40.2. The number of ketones is 1. The molecule has 32 heavy (non-hydrogen) atoms. The summed E-state index contributed by atoms with van der Waals surface area (Å²) >= 11 is 0. The molecule has 0 spiro atoms. The van der Waals surface area contributed by atoms with Gasteiger partial charge in [-0.3, -0.25) is 14.5 Å². The molecule has 5 heteroatoms. The maximum Gasteiger partial charge on any atom is 0.324 e. The first-order chi connectivity index (χ1) is 15.2. The predicted molar refractivity (Wildman–Crippen MR) is 126 cm³/mol. The summed E-state index contributed by atoms with van der Waals surface area (Å²) in [5, 5.41) is 2.87. The fraction of sp³-hybridized carbons (Fsp3) is 0.815. The molecule has 0 aliphatic heterocycles. The molecule has 0 bridgehead atoms. The molecule has 178 valence electrons. The molecule has 0 aromatic rings. The highest BCUT2D eigenvalue weighted by atomic mass is 16.2. The Morgan fingerprint density at radius 2 is 1.84 bits per heavy atom. The maximum atomic E-state index is 13.8. The highest BCUT2D eigenvalue weighted by Crippen LogP contribution is 2.66. The fourth-order valence-electron chi connectivity index (χ4n) is 8.07. The normalized spacial score (nSPS) is 39.3. The van der Waals surface area contributed by atoms with Gasteiger partial charge in [0.2, 0.25) is 5.91 Å². The topological polar surface area (TPSA) is 66.5 Å². The number of rotatable bonds is 4. The number of fused-ring (bicyclic) bond motifs is 5. The van der Waals surface area contributed by atoms with Crippen LogP contribution in [0.3, 0.4) is 0 Å². The lowest BCUT2D eigenvalue weighted by atomic mass is 9.47. The van der Waals surface area contributed by atoms with Crippen LogP contribution in [0.25, 0.3) is 0 Å². The summed E-state index contributed by atoms with van der Waals surface area (Å²) in [7, 11) is 0. The van der Waals surface area contributed by atoms with Crippen LogP contribution >= 0.6 is 0 Å². The number of imide groups is 1. The van der Waals surface area contributed by atoms with Gasteiger partial charge >= 0.3 is 6.03 Å². The third kappa shape index (κ3) is 3.54. The van der Waals surface area contributed by atoms with Crippen molar-refractivity contribution in [3.05, 3.63) is 11.6 Å². The van der Waals surface area contributed by atoms with Crippen LogP contribution in [0.15, 0.2) is 11.6 Å². The van der Waals surface area contributed by atoms with Crippen molar-refractivity contribution in [2.45, 2.75) is 98.4 Å². The zero-order chi connectivity index (χ0) is 23.3. The smallest absolute Gasteiger partial charge is 0.324 e. The molecule has 1 N–H and O–H groups in total. The van der Waals surface area contributed by atoms with E-state index in [-0.39, 0.29) is 34.7 Å². The summed E-state index contributed by atoms with van der Waals surface area (Å²) in [5.41, 5.74) is 1.52. The fourth-order valence-corrected chi connectivity index (χ4v) is 8.07. The molecule has 3 saturated carbocycles.